The van der Waals surface area contributed by atoms with Crippen molar-refractivity contribution < 1.29 is 23.9 Å². The van der Waals surface area contributed by atoms with Gasteiger partial charge in [0, 0.05) is 50.2 Å². The van der Waals surface area contributed by atoms with Gasteiger partial charge in [0.25, 0.3) is 0 Å². The van der Waals surface area contributed by atoms with Crippen LogP contribution in [0.5, 0.6) is 0 Å². The SMILES string of the molecule is CCCC(=O)O[C@H]1[C@@H]([N+]2(C)CCCC2)CC2C3CC[C@H]4C[C@H](O)[C@@H](N5CCOCC5)C[C@]4(C)C3CC[C@@]21C. The minimum absolute atomic E-state index is 0.0302. The van der Waals surface area contributed by atoms with Gasteiger partial charge in [0.1, 0.15) is 6.04 Å². The smallest absolute Gasteiger partial charge is 0.306 e. The van der Waals surface area contributed by atoms with E-state index in [1.54, 1.807) is 0 Å². The third-order valence-electron chi connectivity index (χ3n) is 13.2. The summed E-state index contributed by atoms with van der Waals surface area (Å²) in [6.07, 6.45) is 12.2. The van der Waals surface area contributed by atoms with Gasteiger partial charge in [-0.15, -0.1) is 0 Å². The van der Waals surface area contributed by atoms with Crippen LogP contribution in [0.3, 0.4) is 0 Å². The number of nitrogens with zero attached hydrogens (tertiary/aromatic N) is 2. The third-order valence-corrected chi connectivity index (χ3v) is 13.2. The fourth-order valence-corrected chi connectivity index (χ4v) is 11.1. The Hall–Kier alpha value is -0.690. The molecule has 1 N–H and O–H groups in total. The summed E-state index contributed by atoms with van der Waals surface area (Å²) in [7, 11) is 2.46. The second kappa shape index (κ2) is 10.3. The van der Waals surface area contributed by atoms with Crippen LogP contribution in [0.15, 0.2) is 0 Å². The minimum atomic E-state index is -0.200. The van der Waals surface area contributed by atoms with E-state index in [2.05, 4.69) is 32.7 Å². The molecular weight excluding hydrogens is 476 g/mol. The summed E-state index contributed by atoms with van der Waals surface area (Å²) in [6.45, 7) is 13.2. The molecule has 4 aliphatic carbocycles. The average molecular weight is 532 g/mol. The van der Waals surface area contributed by atoms with Gasteiger partial charge < -0.3 is 19.1 Å². The van der Waals surface area contributed by atoms with E-state index in [4.69, 9.17) is 9.47 Å². The predicted molar refractivity (Wildman–Crippen MR) is 148 cm³/mol. The van der Waals surface area contributed by atoms with Crippen molar-refractivity contribution in [3.8, 4) is 0 Å². The molecule has 0 aromatic carbocycles. The largest absolute Gasteiger partial charge is 0.455 e. The van der Waals surface area contributed by atoms with Crippen LogP contribution in [0.4, 0.5) is 0 Å². The molecule has 2 heterocycles. The van der Waals surface area contributed by atoms with Gasteiger partial charge in [0.15, 0.2) is 6.10 Å². The van der Waals surface area contributed by atoms with Crippen molar-refractivity contribution in [3.63, 3.8) is 0 Å². The topological polar surface area (TPSA) is 59.0 Å². The maximum atomic E-state index is 13.0. The first-order valence-electron chi connectivity index (χ1n) is 16.2. The number of aliphatic hydroxyl groups excluding tert-OH is 1. The molecule has 0 bridgehead atoms. The third kappa shape index (κ3) is 4.39. The molecule has 3 unspecified atom stereocenters. The van der Waals surface area contributed by atoms with E-state index < -0.39 is 0 Å². The number of esters is 1. The van der Waals surface area contributed by atoms with Crippen LogP contribution in [-0.2, 0) is 14.3 Å². The number of carbonyl (C=O) groups excluding carboxylic acids is 1. The van der Waals surface area contributed by atoms with Crippen molar-refractivity contribution in [2.45, 2.75) is 116 Å². The highest BCUT2D eigenvalue weighted by Crippen LogP contribution is 2.67. The van der Waals surface area contributed by atoms with Crippen LogP contribution in [0, 0.1) is 34.5 Å². The summed E-state index contributed by atoms with van der Waals surface area (Å²) in [5.74, 6) is 2.77. The van der Waals surface area contributed by atoms with E-state index >= 15 is 0 Å². The molecule has 0 spiro atoms. The number of likely N-dealkylation sites (N-methyl/N-ethyl adjacent to an activating group) is 1. The lowest BCUT2D eigenvalue weighted by atomic mass is 9.44. The first-order chi connectivity index (χ1) is 18.2. The van der Waals surface area contributed by atoms with E-state index in [9.17, 15) is 9.90 Å². The Kier molecular flexibility index (Phi) is 7.45. The minimum Gasteiger partial charge on any atom is -0.455 e. The lowest BCUT2D eigenvalue weighted by Gasteiger charge is -2.62. The molecule has 6 fully saturated rings. The van der Waals surface area contributed by atoms with E-state index in [-0.39, 0.29) is 29.6 Å². The number of hydrogen-bond donors (Lipinski definition) is 1. The summed E-state index contributed by atoms with van der Waals surface area (Å²) < 4.78 is 13.3. The molecule has 4 saturated carbocycles. The van der Waals surface area contributed by atoms with Crippen molar-refractivity contribution in [3.05, 3.63) is 0 Å². The fourth-order valence-electron chi connectivity index (χ4n) is 11.1. The Labute approximate surface area is 231 Å². The average Bonchev–Trinajstić information content (AvgIpc) is 3.47. The van der Waals surface area contributed by atoms with Gasteiger partial charge in [-0.1, -0.05) is 20.8 Å². The summed E-state index contributed by atoms with van der Waals surface area (Å²) in [5, 5.41) is 11.3. The fraction of sp³-hybridized carbons (Fsp3) is 0.969. The molecule has 10 atom stereocenters. The lowest BCUT2D eigenvalue weighted by molar-refractivity contribution is -0.924. The van der Waals surface area contributed by atoms with E-state index in [1.807, 2.05) is 0 Å². The molecule has 2 saturated heterocycles. The zero-order valence-electron chi connectivity index (χ0n) is 24.7. The zero-order chi connectivity index (χ0) is 26.7. The molecule has 6 rings (SSSR count). The standard InChI is InChI=1S/C32H55N2O4/c1-5-8-29(36)38-30-27(34(4)15-6-7-16-34)20-25-23-10-9-22-19-28(35)26(33-13-17-37-18-14-33)21-32(22,3)24(23)11-12-31(25,30)2/h22-28,30,35H,5-21H2,1-4H3/q+1/t22-,23?,24?,25?,26-,27-,28-,30-,31-,32-/m0/s1. The van der Waals surface area contributed by atoms with Crippen LogP contribution >= 0.6 is 0 Å². The van der Waals surface area contributed by atoms with Crippen LogP contribution in [0.2, 0.25) is 0 Å². The summed E-state index contributed by atoms with van der Waals surface area (Å²) >= 11 is 0. The number of morpholine rings is 1. The summed E-state index contributed by atoms with van der Waals surface area (Å²) in [4.78, 5) is 15.5. The number of likely N-dealkylation sites (tertiary alicyclic amines) is 1. The number of carbonyl (C=O) groups is 1. The first kappa shape index (κ1) is 27.5. The molecule has 0 aromatic heterocycles. The van der Waals surface area contributed by atoms with Gasteiger partial charge in [0.2, 0.25) is 0 Å². The first-order valence-corrected chi connectivity index (χ1v) is 16.2. The van der Waals surface area contributed by atoms with Crippen molar-refractivity contribution in [1.82, 2.24) is 4.90 Å². The molecule has 0 radical (unpaired) electrons. The number of rotatable bonds is 5. The molecule has 0 aromatic rings. The summed E-state index contributed by atoms with van der Waals surface area (Å²) in [6, 6.07) is 0.729. The van der Waals surface area contributed by atoms with Gasteiger partial charge in [0.05, 0.1) is 39.5 Å². The van der Waals surface area contributed by atoms with Crippen molar-refractivity contribution >= 4 is 5.97 Å². The Balaban J connectivity index is 1.28. The molecule has 6 nitrogen and oxygen atoms in total. The van der Waals surface area contributed by atoms with E-state index in [1.165, 1.54) is 58.0 Å². The molecule has 216 valence electrons. The van der Waals surface area contributed by atoms with Gasteiger partial charge in [-0.3, -0.25) is 9.69 Å². The number of aliphatic hydroxyl groups is 1. The second-order valence-corrected chi connectivity index (χ2v) is 15.0. The lowest BCUT2D eigenvalue weighted by Crippen LogP contribution is -2.61. The van der Waals surface area contributed by atoms with Gasteiger partial charge >= 0.3 is 5.97 Å². The second-order valence-electron chi connectivity index (χ2n) is 15.0. The normalized spacial score (nSPS) is 48.7. The van der Waals surface area contributed by atoms with E-state index in [0.717, 1.165) is 61.9 Å². The number of fused-ring (bicyclic) bond motifs is 5. The maximum Gasteiger partial charge on any atom is 0.306 e. The zero-order valence-corrected chi connectivity index (χ0v) is 24.7. The highest BCUT2D eigenvalue weighted by molar-refractivity contribution is 5.69. The number of quaternary nitrogens is 1. The molecular formula is C32H55N2O4+. The number of ether oxygens (including phenoxy) is 2. The molecule has 2 aliphatic heterocycles. The van der Waals surface area contributed by atoms with Crippen LogP contribution in [-0.4, -0.2) is 91.2 Å². The highest BCUT2D eigenvalue weighted by atomic mass is 16.5. The Morgan fingerprint density at radius 3 is 2.50 bits per heavy atom. The highest BCUT2D eigenvalue weighted by Gasteiger charge is 2.67. The Morgan fingerprint density at radius 1 is 1.05 bits per heavy atom. The van der Waals surface area contributed by atoms with Crippen LogP contribution in [0.1, 0.15) is 91.4 Å². The maximum absolute atomic E-state index is 13.0. The summed E-state index contributed by atoms with van der Waals surface area (Å²) in [5.41, 5.74) is 0.394. The van der Waals surface area contributed by atoms with Crippen molar-refractivity contribution in [2.75, 3.05) is 46.4 Å². The van der Waals surface area contributed by atoms with Gasteiger partial charge in [-0.05, 0) is 74.0 Å². The predicted octanol–water partition coefficient (Wildman–Crippen LogP) is 4.63. The van der Waals surface area contributed by atoms with Crippen molar-refractivity contribution in [2.24, 2.45) is 34.5 Å². The van der Waals surface area contributed by atoms with Crippen LogP contribution < -0.4 is 0 Å². The molecule has 6 heteroatoms. The van der Waals surface area contributed by atoms with Gasteiger partial charge in [-0.25, -0.2) is 0 Å². The Morgan fingerprint density at radius 2 is 1.79 bits per heavy atom. The quantitative estimate of drug-likeness (QED) is 0.414. The monoisotopic (exact) mass is 531 g/mol. The van der Waals surface area contributed by atoms with Crippen LogP contribution in [0.25, 0.3) is 0 Å². The van der Waals surface area contributed by atoms with Crippen molar-refractivity contribution in [1.29, 1.82) is 0 Å². The molecule has 6 aliphatic rings. The van der Waals surface area contributed by atoms with E-state index in [0.29, 0.717) is 29.7 Å². The van der Waals surface area contributed by atoms with Gasteiger partial charge in [-0.2, -0.15) is 0 Å². The molecule has 38 heavy (non-hydrogen) atoms. The Bertz CT molecular complexity index is 870. The molecule has 0 amide bonds. The number of hydrogen-bond acceptors (Lipinski definition) is 5.